The average molecular weight is 161 g/mol. The third kappa shape index (κ3) is 2.74. The largest absolute Gasteiger partial charge is 0.465 e. The highest BCUT2D eigenvalue weighted by atomic mass is 19.1. The third-order valence-corrected chi connectivity index (χ3v) is 1.98. The van der Waals surface area contributed by atoms with Crippen molar-refractivity contribution in [2.75, 3.05) is 0 Å². The quantitative estimate of drug-likeness (QED) is 0.612. The second-order valence-electron chi connectivity index (χ2n) is 2.90. The Bertz CT molecular complexity index is 143. The molecule has 1 rings (SSSR count). The number of hydrogen-bond acceptors (Lipinski definition) is 1. The van der Waals surface area contributed by atoms with E-state index >= 15 is 0 Å². The summed E-state index contributed by atoms with van der Waals surface area (Å²) in [7, 11) is 0. The maximum Gasteiger partial charge on any atom is 0.404 e. The molecular weight excluding hydrogens is 149 g/mol. The molecule has 0 bridgehead atoms. The van der Waals surface area contributed by atoms with Crippen molar-refractivity contribution >= 4 is 6.09 Å². The number of hydrogen-bond donors (Lipinski definition) is 2. The van der Waals surface area contributed by atoms with Gasteiger partial charge < -0.3 is 10.4 Å². The van der Waals surface area contributed by atoms with Gasteiger partial charge in [0.1, 0.15) is 6.17 Å². The van der Waals surface area contributed by atoms with Gasteiger partial charge in [-0.05, 0) is 25.7 Å². The lowest BCUT2D eigenvalue weighted by Gasteiger charge is -2.23. The summed E-state index contributed by atoms with van der Waals surface area (Å²) < 4.78 is 12.5. The summed E-state index contributed by atoms with van der Waals surface area (Å²) >= 11 is 0. The average Bonchev–Trinajstić information content (AvgIpc) is 1.93. The van der Waals surface area contributed by atoms with Crippen molar-refractivity contribution in [2.45, 2.75) is 37.9 Å². The number of alkyl halides is 1. The van der Waals surface area contributed by atoms with Crippen LogP contribution in [0.1, 0.15) is 25.7 Å². The molecule has 1 amide bonds. The predicted octanol–water partition coefficient (Wildman–Crippen LogP) is 1.53. The predicted molar refractivity (Wildman–Crippen MR) is 38.3 cm³/mol. The molecule has 4 heteroatoms. The summed E-state index contributed by atoms with van der Waals surface area (Å²) in [6.45, 7) is 0. The molecule has 2 N–H and O–H groups in total. The Hall–Kier alpha value is -0.800. The number of nitrogens with one attached hydrogen (secondary N) is 1. The smallest absolute Gasteiger partial charge is 0.404 e. The van der Waals surface area contributed by atoms with E-state index in [0.717, 1.165) is 0 Å². The van der Waals surface area contributed by atoms with Crippen molar-refractivity contribution in [3.8, 4) is 0 Å². The Morgan fingerprint density at radius 3 is 2.36 bits per heavy atom. The zero-order chi connectivity index (χ0) is 8.27. The molecule has 1 aliphatic carbocycles. The summed E-state index contributed by atoms with van der Waals surface area (Å²) in [5.41, 5.74) is 0. The Morgan fingerprint density at radius 1 is 1.36 bits per heavy atom. The van der Waals surface area contributed by atoms with Crippen LogP contribution in [-0.4, -0.2) is 23.4 Å². The second-order valence-corrected chi connectivity index (χ2v) is 2.90. The second kappa shape index (κ2) is 3.55. The van der Waals surface area contributed by atoms with E-state index in [9.17, 15) is 9.18 Å². The summed E-state index contributed by atoms with van der Waals surface area (Å²) in [5, 5.41) is 10.7. The zero-order valence-electron chi connectivity index (χ0n) is 6.22. The minimum atomic E-state index is -1.01. The maximum atomic E-state index is 12.5. The molecule has 0 heterocycles. The van der Waals surface area contributed by atoms with Gasteiger partial charge in [0.2, 0.25) is 0 Å². The molecule has 0 radical (unpaired) electrons. The molecule has 1 fully saturated rings. The van der Waals surface area contributed by atoms with Crippen LogP contribution >= 0.6 is 0 Å². The van der Waals surface area contributed by atoms with E-state index < -0.39 is 12.3 Å². The third-order valence-electron chi connectivity index (χ3n) is 1.98. The Balaban J connectivity index is 2.22. The molecular formula is C7H12FNO2. The number of carbonyl (C=O) groups is 1. The monoisotopic (exact) mass is 161 g/mol. The van der Waals surface area contributed by atoms with Crippen LogP contribution < -0.4 is 5.32 Å². The van der Waals surface area contributed by atoms with Crippen molar-refractivity contribution in [3.63, 3.8) is 0 Å². The summed E-state index contributed by atoms with van der Waals surface area (Å²) in [6.07, 6.45) is 0.519. The first kappa shape index (κ1) is 8.30. The molecule has 0 aromatic heterocycles. The van der Waals surface area contributed by atoms with Gasteiger partial charge in [-0.3, -0.25) is 0 Å². The van der Waals surface area contributed by atoms with Crippen LogP contribution in [0.5, 0.6) is 0 Å². The number of halogens is 1. The molecule has 11 heavy (non-hydrogen) atoms. The zero-order valence-corrected chi connectivity index (χ0v) is 6.22. The van der Waals surface area contributed by atoms with Gasteiger partial charge in [0.05, 0.1) is 0 Å². The lowest BCUT2D eigenvalue weighted by molar-refractivity contribution is 0.175. The standard InChI is InChI=1S/C7H12FNO2/c8-5-1-3-6(4-2-5)9-7(10)11/h5-6,9H,1-4H2,(H,10,11)/t5-,6+. The van der Waals surface area contributed by atoms with Gasteiger partial charge in [-0.15, -0.1) is 0 Å². The van der Waals surface area contributed by atoms with Crippen molar-refractivity contribution in [2.24, 2.45) is 0 Å². The molecule has 0 aliphatic heterocycles. The SMILES string of the molecule is O=C(O)N[C@H]1CC[C@@H](F)CC1. The highest BCUT2D eigenvalue weighted by Gasteiger charge is 2.21. The minimum Gasteiger partial charge on any atom is -0.465 e. The minimum absolute atomic E-state index is 0.0282. The first-order valence-electron chi connectivity index (χ1n) is 3.82. The number of carboxylic acid groups (broad SMARTS) is 1. The van der Waals surface area contributed by atoms with Gasteiger partial charge in [0, 0.05) is 6.04 Å². The van der Waals surface area contributed by atoms with Crippen LogP contribution in [0.3, 0.4) is 0 Å². The van der Waals surface area contributed by atoms with Gasteiger partial charge in [0.15, 0.2) is 0 Å². The molecule has 0 spiro atoms. The molecule has 1 saturated carbocycles. The van der Waals surface area contributed by atoms with Crippen molar-refractivity contribution < 1.29 is 14.3 Å². The Kier molecular flexibility index (Phi) is 2.68. The van der Waals surface area contributed by atoms with Crippen LogP contribution in [0.15, 0.2) is 0 Å². The molecule has 0 unspecified atom stereocenters. The van der Waals surface area contributed by atoms with E-state index in [4.69, 9.17) is 5.11 Å². The van der Waals surface area contributed by atoms with Crippen molar-refractivity contribution in [3.05, 3.63) is 0 Å². The maximum absolute atomic E-state index is 12.5. The normalized spacial score (nSPS) is 31.4. The highest BCUT2D eigenvalue weighted by molar-refractivity contribution is 5.64. The molecule has 0 atom stereocenters. The van der Waals surface area contributed by atoms with Crippen LogP contribution in [-0.2, 0) is 0 Å². The van der Waals surface area contributed by atoms with E-state index in [1.165, 1.54) is 0 Å². The van der Waals surface area contributed by atoms with Crippen LogP contribution in [0.4, 0.5) is 9.18 Å². The lowest BCUT2D eigenvalue weighted by atomic mass is 9.94. The fraction of sp³-hybridized carbons (Fsp3) is 0.857. The summed E-state index contributed by atoms with van der Waals surface area (Å²) in [6, 6.07) is -0.0282. The topological polar surface area (TPSA) is 49.3 Å². The van der Waals surface area contributed by atoms with Crippen molar-refractivity contribution in [1.29, 1.82) is 0 Å². The molecule has 3 nitrogen and oxygen atoms in total. The first-order valence-corrected chi connectivity index (χ1v) is 3.82. The summed E-state index contributed by atoms with van der Waals surface area (Å²) in [5.74, 6) is 0. The van der Waals surface area contributed by atoms with E-state index in [0.29, 0.717) is 25.7 Å². The van der Waals surface area contributed by atoms with Crippen molar-refractivity contribution in [1.82, 2.24) is 5.32 Å². The van der Waals surface area contributed by atoms with Gasteiger partial charge in [0.25, 0.3) is 0 Å². The molecule has 64 valence electrons. The van der Waals surface area contributed by atoms with Gasteiger partial charge in [-0.1, -0.05) is 0 Å². The molecule has 1 aliphatic rings. The van der Waals surface area contributed by atoms with E-state index in [-0.39, 0.29) is 6.04 Å². The van der Waals surface area contributed by atoms with Gasteiger partial charge >= 0.3 is 6.09 Å². The Labute approximate surface area is 64.6 Å². The van der Waals surface area contributed by atoms with Gasteiger partial charge in [-0.25, -0.2) is 9.18 Å². The summed E-state index contributed by atoms with van der Waals surface area (Å²) in [4.78, 5) is 10.1. The van der Waals surface area contributed by atoms with Crippen LogP contribution in [0.2, 0.25) is 0 Å². The first-order chi connectivity index (χ1) is 5.18. The fourth-order valence-corrected chi connectivity index (χ4v) is 1.37. The molecule has 0 aromatic rings. The van der Waals surface area contributed by atoms with Gasteiger partial charge in [-0.2, -0.15) is 0 Å². The van der Waals surface area contributed by atoms with Crippen LogP contribution in [0, 0.1) is 0 Å². The van der Waals surface area contributed by atoms with E-state index in [2.05, 4.69) is 5.32 Å². The van der Waals surface area contributed by atoms with E-state index in [1.807, 2.05) is 0 Å². The lowest BCUT2D eigenvalue weighted by Crippen LogP contribution is -2.36. The fourth-order valence-electron chi connectivity index (χ4n) is 1.37. The molecule has 0 aromatic carbocycles. The number of rotatable bonds is 1. The van der Waals surface area contributed by atoms with Crippen LogP contribution in [0.25, 0.3) is 0 Å². The molecule has 0 saturated heterocycles. The Morgan fingerprint density at radius 2 is 1.91 bits per heavy atom. The highest BCUT2D eigenvalue weighted by Crippen LogP contribution is 2.20. The van der Waals surface area contributed by atoms with E-state index in [1.54, 1.807) is 0 Å². The number of amides is 1.